The van der Waals surface area contributed by atoms with Gasteiger partial charge in [0.25, 0.3) is 15.9 Å². The van der Waals surface area contributed by atoms with Crippen molar-refractivity contribution in [1.29, 1.82) is 0 Å². The first-order chi connectivity index (χ1) is 16.2. The second-order valence-electron chi connectivity index (χ2n) is 9.49. The van der Waals surface area contributed by atoms with Crippen LogP contribution in [0, 0.1) is 16.7 Å². The molecular weight excluding hydrogens is 528 g/mol. The topological polar surface area (TPSA) is 103 Å². The van der Waals surface area contributed by atoms with Gasteiger partial charge in [0, 0.05) is 18.2 Å². The maximum atomic E-state index is 12.6. The van der Waals surface area contributed by atoms with Gasteiger partial charge in [-0.05, 0) is 35.1 Å². The zero-order chi connectivity index (χ0) is 25.8. The zero-order valence-electron chi connectivity index (χ0n) is 19.4. The molecule has 2 aromatic heterocycles. The first-order valence-corrected chi connectivity index (χ1v) is 13.4. The Kier molecular flexibility index (Phi) is 6.45. The minimum absolute atomic E-state index is 0.00145. The van der Waals surface area contributed by atoms with Crippen molar-refractivity contribution < 1.29 is 17.9 Å². The van der Waals surface area contributed by atoms with Crippen molar-refractivity contribution in [3.05, 3.63) is 65.4 Å². The number of nitrogens with one attached hydrogen (secondary N) is 1. The van der Waals surface area contributed by atoms with E-state index in [0.717, 1.165) is 0 Å². The van der Waals surface area contributed by atoms with Crippen molar-refractivity contribution in [1.82, 2.24) is 19.5 Å². The van der Waals surface area contributed by atoms with Gasteiger partial charge in [-0.3, -0.25) is 4.79 Å². The van der Waals surface area contributed by atoms with Crippen LogP contribution in [0.25, 0.3) is 5.82 Å². The molecule has 12 heteroatoms. The predicted molar refractivity (Wildman–Crippen MR) is 140 cm³/mol. The third-order valence-corrected chi connectivity index (χ3v) is 9.14. The molecule has 35 heavy (non-hydrogen) atoms. The average molecular weight is 553 g/mol. The molecule has 4 rings (SSSR count). The Labute approximate surface area is 220 Å². The summed E-state index contributed by atoms with van der Waals surface area (Å²) in [5.41, 5.74) is -0.0987. The number of carbonyl (C=O) groups excluding carboxylic acids is 1. The molecule has 0 atom stereocenters. The quantitative estimate of drug-likeness (QED) is 0.225. The van der Waals surface area contributed by atoms with Crippen molar-refractivity contribution >= 4 is 52.8 Å². The Morgan fingerprint density at radius 1 is 1.09 bits per heavy atom. The summed E-state index contributed by atoms with van der Waals surface area (Å²) >= 11 is 15.5. The normalized spacial score (nSPS) is 17.1. The van der Waals surface area contributed by atoms with Crippen LogP contribution in [-0.4, -0.2) is 33.4 Å². The summed E-state index contributed by atoms with van der Waals surface area (Å²) < 4.78 is 33.2. The highest BCUT2D eigenvalue weighted by Gasteiger charge is 2.72. The first kappa shape index (κ1) is 25.9. The van der Waals surface area contributed by atoms with E-state index in [4.69, 9.17) is 16.3 Å². The van der Waals surface area contributed by atoms with Crippen molar-refractivity contribution in [2.75, 3.05) is 0 Å². The van der Waals surface area contributed by atoms with Gasteiger partial charge in [-0.1, -0.05) is 57.5 Å². The number of carbonyl (C=O) groups is 1. The van der Waals surface area contributed by atoms with Gasteiger partial charge >= 0.3 is 0 Å². The number of rotatable bonds is 7. The molecule has 0 unspecified atom stereocenters. The Balaban J connectivity index is 1.49. The molecule has 0 bridgehead atoms. The number of benzene rings is 1. The van der Waals surface area contributed by atoms with Crippen LogP contribution < -0.4 is 9.46 Å². The van der Waals surface area contributed by atoms with E-state index in [1.54, 1.807) is 30.5 Å². The van der Waals surface area contributed by atoms with Gasteiger partial charge in [0.15, 0.2) is 5.82 Å². The van der Waals surface area contributed by atoms with Crippen molar-refractivity contribution in [3.63, 3.8) is 0 Å². The van der Waals surface area contributed by atoms with Gasteiger partial charge in [-0.2, -0.15) is 0 Å². The van der Waals surface area contributed by atoms with Crippen LogP contribution in [0.3, 0.4) is 0 Å². The third-order valence-electron chi connectivity index (χ3n) is 6.81. The van der Waals surface area contributed by atoms with Crippen molar-refractivity contribution in [3.8, 4) is 11.7 Å². The Morgan fingerprint density at radius 3 is 2.29 bits per heavy atom. The summed E-state index contributed by atoms with van der Waals surface area (Å²) in [6, 6.07) is 12.1. The number of hydrogen-bond acceptors (Lipinski definition) is 8. The van der Waals surface area contributed by atoms with Gasteiger partial charge in [-0.15, -0.1) is 30.4 Å². The lowest BCUT2D eigenvalue weighted by Gasteiger charge is -2.25. The third kappa shape index (κ3) is 4.78. The molecule has 0 radical (unpaired) electrons. The van der Waals surface area contributed by atoms with Gasteiger partial charge in [0.05, 0.1) is 10.5 Å². The van der Waals surface area contributed by atoms with Crippen LogP contribution in [0.5, 0.6) is 5.88 Å². The molecular formula is C23H25ClN4O4S3. The molecule has 1 N–H and O–H groups in total. The van der Waals surface area contributed by atoms with E-state index in [0.29, 0.717) is 11.7 Å². The number of nitrogens with zero attached hydrogens (tertiary/aromatic N) is 3. The second kappa shape index (κ2) is 8.72. The van der Waals surface area contributed by atoms with E-state index < -0.39 is 20.2 Å². The predicted octanol–water partition coefficient (Wildman–Crippen LogP) is 4.61. The second-order valence-corrected chi connectivity index (χ2v) is 13.2. The number of amides is 1. The van der Waals surface area contributed by atoms with E-state index in [2.05, 4.69) is 63.0 Å². The average Bonchev–Trinajstić information content (AvgIpc) is 3.04. The van der Waals surface area contributed by atoms with Gasteiger partial charge < -0.3 is 4.74 Å². The fourth-order valence-electron chi connectivity index (χ4n) is 4.40. The molecule has 1 aliphatic rings. The smallest absolute Gasteiger partial charge is 0.268 e. The van der Waals surface area contributed by atoms with E-state index in [1.165, 1.54) is 28.9 Å². The lowest BCUT2D eigenvalue weighted by atomic mass is 10.0. The minimum Gasteiger partial charge on any atom is -0.449 e. The highest BCUT2D eigenvalue weighted by molar-refractivity contribution is 8.00. The summed E-state index contributed by atoms with van der Waals surface area (Å²) in [7, 11) is -4.05. The zero-order valence-corrected chi connectivity index (χ0v) is 22.8. The molecule has 1 saturated carbocycles. The minimum atomic E-state index is -4.05. The highest BCUT2D eigenvalue weighted by atomic mass is 35.5. The number of thiol groups is 2. The van der Waals surface area contributed by atoms with Crippen molar-refractivity contribution in [2.24, 2.45) is 16.7 Å². The summed E-state index contributed by atoms with van der Waals surface area (Å²) in [6.07, 6.45) is 1.62. The first-order valence-electron chi connectivity index (χ1n) is 10.7. The molecule has 8 nitrogen and oxygen atoms in total. The van der Waals surface area contributed by atoms with Gasteiger partial charge in [0.1, 0.15) is 5.15 Å². The summed E-state index contributed by atoms with van der Waals surface area (Å²) in [5.74, 6) is -0.214. The van der Waals surface area contributed by atoms with Crippen LogP contribution in [0.15, 0.2) is 59.6 Å². The van der Waals surface area contributed by atoms with Crippen LogP contribution in [0.2, 0.25) is 5.15 Å². The molecule has 1 amide bonds. The van der Waals surface area contributed by atoms with E-state index in [1.807, 2.05) is 4.72 Å². The molecule has 2 heterocycles. The molecule has 1 aromatic carbocycles. The molecule has 1 aliphatic carbocycles. The number of sulfonamides is 1. The molecule has 0 spiro atoms. The van der Waals surface area contributed by atoms with Gasteiger partial charge in [-0.25, -0.2) is 22.8 Å². The fraction of sp³-hybridized carbons (Fsp3) is 0.348. The molecule has 0 aliphatic heterocycles. The van der Waals surface area contributed by atoms with Crippen LogP contribution in [0.1, 0.15) is 38.1 Å². The number of aromatic nitrogens is 3. The Hall–Kier alpha value is -2.21. The maximum Gasteiger partial charge on any atom is 0.268 e. The SMILES string of the molecule is CC1(C)C(C(S)(S)Oc2ccn(-c3ccc(C(=O)NS(=O)(=O)c4ccccc4)c(Cl)n3)n2)C1(C)C. The fourth-order valence-corrected chi connectivity index (χ4v) is 7.10. The molecule has 186 valence electrons. The number of halogens is 1. The molecule has 0 saturated heterocycles. The molecule has 3 aromatic rings. The number of hydrogen-bond donors (Lipinski definition) is 3. The van der Waals surface area contributed by atoms with E-state index >= 15 is 0 Å². The standard InChI is InChI=1S/C23H25ClN4O4S3/c1-21(2)20(22(21,3)4)23(33,34)32-17-12-13-28(26-17)16-11-10-15(18(24)25-16)19(29)27-35(30,31)14-8-6-5-7-9-14/h5-13,20,33-34H,1-4H3,(H,27,29). The largest absolute Gasteiger partial charge is 0.449 e. The summed E-state index contributed by atoms with van der Waals surface area (Å²) in [4.78, 5) is 16.7. The lowest BCUT2D eigenvalue weighted by molar-refractivity contribution is 0.0981. The monoisotopic (exact) mass is 552 g/mol. The number of pyridine rings is 1. The highest BCUT2D eigenvalue weighted by Crippen LogP contribution is 2.73. The maximum absolute atomic E-state index is 12.6. The van der Waals surface area contributed by atoms with E-state index in [-0.39, 0.29) is 32.4 Å². The number of ether oxygens (including phenoxy) is 1. The summed E-state index contributed by atoms with van der Waals surface area (Å²) in [6.45, 7) is 8.59. The lowest BCUT2D eigenvalue weighted by Crippen LogP contribution is -2.31. The van der Waals surface area contributed by atoms with E-state index in [9.17, 15) is 13.2 Å². The molecule has 1 fully saturated rings. The van der Waals surface area contributed by atoms with Crippen LogP contribution in [-0.2, 0) is 10.0 Å². The summed E-state index contributed by atoms with van der Waals surface area (Å²) in [5, 5.41) is 4.19. The van der Waals surface area contributed by atoms with Crippen LogP contribution >= 0.6 is 36.9 Å². The Morgan fingerprint density at radius 2 is 1.71 bits per heavy atom. The van der Waals surface area contributed by atoms with Crippen molar-refractivity contribution in [2.45, 2.75) is 36.9 Å². The Bertz CT molecular complexity index is 1370. The van der Waals surface area contributed by atoms with Gasteiger partial charge in [0.2, 0.25) is 10.1 Å². The van der Waals surface area contributed by atoms with Crippen LogP contribution in [0.4, 0.5) is 0 Å².